The number of amides is 1. The number of allylic oxidation sites excluding steroid dienone is 1. The van der Waals surface area contributed by atoms with E-state index >= 15 is 0 Å². The summed E-state index contributed by atoms with van der Waals surface area (Å²) in [6, 6.07) is 0. The monoisotopic (exact) mass is 225 g/mol. The van der Waals surface area contributed by atoms with Gasteiger partial charge in [0, 0.05) is 13.0 Å². The molecule has 1 atom stereocenters. The van der Waals surface area contributed by atoms with Crippen molar-refractivity contribution >= 4 is 11.9 Å². The molecule has 0 bridgehead atoms. The number of rotatable bonds is 5. The first-order valence-electron chi connectivity index (χ1n) is 5.60. The maximum absolute atomic E-state index is 11.9. The third-order valence-corrected chi connectivity index (χ3v) is 3.17. The standard InChI is InChI=1S/C12H19NO3/c1-3-6-12(8-5-10(14)16-2)7-4-9-13-11(12)15/h3H,1,4-9H2,2H3,(H,13,15)/t12-/m1/s1. The fourth-order valence-electron chi connectivity index (χ4n) is 2.18. The molecule has 0 aromatic carbocycles. The van der Waals surface area contributed by atoms with Crippen molar-refractivity contribution in [3.63, 3.8) is 0 Å². The molecular formula is C12H19NO3. The summed E-state index contributed by atoms with van der Waals surface area (Å²) in [6.45, 7) is 4.42. The zero-order valence-corrected chi connectivity index (χ0v) is 9.75. The van der Waals surface area contributed by atoms with Crippen molar-refractivity contribution in [2.24, 2.45) is 5.41 Å². The lowest BCUT2D eigenvalue weighted by atomic mass is 9.73. The van der Waals surface area contributed by atoms with E-state index in [0.29, 0.717) is 12.8 Å². The van der Waals surface area contributed by atoms with E-state index in [0.717, 1.165) is 19.4 Å². The number of piperidine rings is 1. The molecule has 4 nitrogen and oxygen atoms in total. The van der Waals surface area contributed by atoms with Crippen molar-refractivity contribution in [2.75, 3.05) is 13.7 Å². The minimum absolute atomic E-state index is 0.0440. The van der Waals surface area contributed by atoms with Gasteiger partial charge in [0.25, 0.3) is 0 Å². The van der Waals surface area contributed by atoms with Crippen LogP contribution in [-0.2, 0) is 14.3 Å². The van der Waals surface area contributed by atoms with Gasteiger partial charge < -0.3 is 10.1 Å². The number of nitrogens with one attached hydrogen (secondary N) is 1. The van der Waals surface area contributed by atoms with Gasteiger partial charge in [0.1, 0.15) is 0 Å². The first-order valence-corrected chi connectivity index (χ1v) is 5.60. The van der Waals surface area contributed by atoms with Crippen molar-refractivity contribution in [3.05, 3.63) is 12.7 Å². The molecule has 16 heavy (non-hydrogen) atoms. The van der Waals surface area contributed by atoms with E-state index < -0.39 is 5.41 Å². The Bertz CT molecular complexity index is 288. The smallest absolute Gasteiger partial charge is 0.305 e. The van der Waals surface area contributed by atoms with Gasteiger partial charge >= 0.3 is 5.97 Å². The zero-order valence-electron chi connectivity index (χ0n) is 9.75. The van der Waals surface area contributed by atoms with Gasteiger partial charge in [-0.1, -0.05) is 6.08 Å². The Morgan fingerprint density at radius 2 is 2.44 bits per heavy atom. The number of esters is 1. The van der Waals surface area contributed by atoms with Crippen molar-refractivity contribution in [1.82, 2.24) is 5.32 Å². The second-order valence-electron chi connectivity index (χ2n) is 4.21. The molecule has 1 aliphatic heterocycles. The fourth-order valence-corrected chi connectivity index (χ4v) is 2.18. The van der Waals surface area contributed by atoms with Gasteiger partial charge in [-0.2, -0.15) is 0 Å². The summed E-state index contributed by atoms with van der Waals surface area (Å²) >= 11 is 0. The van der Waals surface area contributed by atoms with Crippen LogP contribution in [0.1, 0.15) is 32.1 Å². The summed E-state index contributed by atoms with van der Waals surface area (Å²) in [7, 11) is 1.36. The zero-order chi connectivity index (χ0) is 12.0. The van der Waals surface area contributed by atoms with Gasteiger partial charge in [0.2, 0.25) is 5.91 Å². The van der Waals surface area contributed by atoms with Crippen LogP contribution in [0.15, 0.2) is 12.7 Å². The maximum atomic E-state index is 11.9. The van der Waals surface area contributed by atoms with Gasteiger partial charge in [-0.3, -0.25) is 9.59 Å². The molecule has 1 heterocycles. The van der Waals surface area contributed by atoms with Crippen LogP contribution in [0.2, 0.25) is 0 Å². The van der Waals surface area contributed by atoms with Crippen molar-refractivity contribution < 1.29 is 14.3 Å². The summed E-state index contributed by atoms with van der Waals surface area (Å²) in [4.78, 5) is 23.0. The number of hydrogen-bond donors (Lipinski definition) is 1. The average Bonchev–Trinajstić information content (AvgIpc) is 2.30. The molecule has 0 aromatic rings. The van der Waals surface area contributed by atoms with Crippen molar-refractivity contribution in [1.29, 1.82) is 0 Å². The molecule has 1 fully saturated rings. The molecule has 1 amide bonds. The molecule has 4 heteroatoms. The van der Waals surface area contributed by atoms with Crippen LogP contribution in [0, 0.1) is 5.41 Å². The Hall–Kier alpha value is -1.32. The second kappa shape index (κ2) is 5.68. The quantitative estimate of drug-likeness (QED) is 0.568. The molecular weight excluding hydrogens is 206 g/mol. The van der Waals surface area contributed by atoms with E-state index in [1.807, 2.05) is 0 Å². The number of ether oxygens (including phenoxy) is 1. The van der Waals surface area contributed by atoms with Gasteiger partial charge in [-0.15, -0.1) is 6.58 Å². The lowest BCUT2D eigenvalue weighted by Crippen LogP contribution is -2.45. The minimum atomic E-state index is -0.450. The second-order valence-corrected chi connectivity index (χ2v) is 4.21. The van der Waals surface area contributed by atoms with E-state index in [-0.39, 0.29) is 18.3 Å². The Labute approximate surface area is 96.0 Å². The summed E-state index contributed by atoms with van der Waals surface area (Å²) in [5.74, 6) is -0.218. The van der Waals surface area contributed by atoms with Gasteiger partial charge in [0.15, 0.2) is 0 Å². The predicted molar refractivity (Wildman–Crippen MR) is 60.7 cm³/mol. The number of methoxy groups -OCH3 is 1. The first-order chi connectivity index (χ1) is 7.64. The third-order valence-electron chi connectivity index (χ3n) is 3.17. The molecule has 90 valence electrons. The molecule has 0 radical (unpaired) electrons. The Balaban J connectivity index is 2.66. The SMILES string of the molecule is C=CC[C@]1(CCC(=O)OC)CCCNC1=O. The van der Waals surface area contributed by atoms with Crippen LogP contribution in [0.25, 0.3) is 0 Å². The van der Waals surface area contributed by atoms with E-state index in [9.17, 15) is 9.59 Å². The molecule has 0 saturated carbocycles. The van der Waals surface area contributed by atoms with E-state index in [4.69, 9.17) is 0 Å². The van der Waals surface area contributed by atoms with Crippen LogP contribution in [0.5, 0.6) is 0 Å². The van der Waals surface area contributed by atoms with E-state index in [1.54, 1.807) is 6.08 Å². The lowest BCUT2D eigenvalue weighted by Gasteiger charge is -2.35. The molecule has 1 N–H and O–H groups in total. The number of hydrogen-bond acceptors (Lipinski definition) is 3. The van der Waals surface area contributed by atoms with E-state index in [2.05, 4.69) is 16.6 Å². The highest BCUT2D eigenvalue weighted by Crippen LogP contribution is 2.36. The molecule has 1 saturated heterocycles. The van der Waals surface area contributed by atoms with Crippen molar-refractivity contribution in [2.45, 2.75) is 32.1 Å². The Kier molecular flexibility index (Phi) is 4.52. The molecule has 0 aromatic heterocycles. The van der Waals surface area contributed by atoms with Crippen LogP contribution < -0.4 is 5.32 Å². The predicted octanol–water partition coefficient (Wildman–Crippen LogP) is 1.41. The van der Waals surface area contributed by atoms with Gasteiger partial charge in [0.05, 0.1) is 12.5 Å². The van der Waals surface area contributed by atoms with Gasteiger partial charge in [-0.25, -0.2) is 0 Å². The van der Waals surface area contributed by atoms with Crippen LogP contribution >= 0.6 is 0 Å². The first kappa shape index (κ1) is 12.7. The highest BCUT2D eigenvalue weighted by molar-refractivity contribution is 5.84. The summed E-state index contributed by atoms with van der Waals surface area (Å²) < 4.78 is 4.60. The molecule has 0 spiro atoms. The fraction of sp³-hybridized carbons (Fsp3) is 0.667. The molecule has 0 aliphatic carbocycles. The molecule has 1 rings (SSSR count). The average molecular weight is 225 g/mol. The van der Waals surface area contributed by atoms with Crippen molar-refractivity contribution in [3.8, 4) is 0 Å². The minimum Gasteiger partial charge on any atom is -0.469 e. The Morgan fingerprint density at radius 1 is 1.69 bits per heavy atom. The normalized spacial score (nSPS) is 24.7. The summed E-state index contributed by atoms with van der Waals surface area (Å²) in [5, 5.41) is 2.86. The summed E-state index contributed by atoms with van der Waals surface area (Å²) in [6.07, 6.45) is 4.98. The Morgan fingerprint density at radius 3 is 3.00 bits per heavy atom. The summed E-state index contributed by atoms with van der Waals surface area (Å²) in [5.41, 5.74) is -0.450. The topological polar surface area (TPSA) is 55.4 Å². The molecule has 0 unspecified atom stereocenters. The highest BCUT2D eigenvalue weighted by atomic mass is 16.5. The largest absolute Gasteiger partial charge is 0.469 e. The molecule has 1 aliphatic rings. The highest BCUT2D eigenvalue weighted by Gasteiger charge is 2.39. The number of carbonyl (C=O) groups is 2. The van der Waals surface area contributed by atoms with Crippen LogP contribution in [0.4, 0.5) is 0 Å². The van der Waals surface area contributed by atoms with Crippen LogP contribution in [0.3, 0.4) is 0 Å². The number of carbonyl (C=O) groups excluding carboxylic acids is 2. The third kappa shape index (κ3) is 2.84. The lowest BCUT2D eigenvalue weighted by molar-refractivity contribution is -0.142. The maximum Gasteiger partial charge on any atom is 0.305 e. The van der Waals surface area contributed by atoms with E-state index in [1.165, 1.54) is 7.11 Å². The van der Waals surface area contributed by atoms with Gasteiger partial charge in [-0.05, 0) is 25.7 Å². The van der Waals surface area contributed by atoms with Crippen LogP contribution in [-0.4, -0.2) is 25.5 Å².